The number of oxime groups is 1. The molecule has 0 spiro atoms. The van der Waals surface area contributed by atoms with Crippen molar-refractivity contribution >= 4 is 23.6 Å². The summed E-state index contributed by atoms with van der Waals surface area (Å²) in [7, 11) is 3.38. The Labute approximate surface area is 209 Å². The van der Waals surface area contributed by atoms with Crippen molar-refractivity contribution in [3.63, 3.8) is 0 Å². The molecule has 0 radical (unpaired) electrons. The lowest BCUT2D eigenvalue weighted by molar-refractivity contribution is -0.127. The molecule has 1 atom stereocenters. The number of amidine groups is 1. The molecule has 2 aliphatic rings. The number of imide groups is 1. The molecule has 2 heterocycles. The van der Waals surface area contributed by atoms with E-state index in [1.807, 2.05) is 24.9 Å². The van der Waals surface area contributed by atoms with Crippen molar-refractivity contribution in [1.29, 1.82) is 0 Å². The Morgan fingerprint density at radius 1 is 1.22 bits per heavy atom. The summed E-state index contributed by atoms with van der Waals surface area (Å²) in [5.41, 5.74) is 1.35. The van der Waals surface area contributed by atoms with Crippen LogP contribution < -0.4 is 10.1 Å². The second kappa shape index (κ2) is 10.1. The van der Waals surface area contributed by atoms with E-state index in [0.717, 1.165) is 24.1 Å². The van der Waals surface area contributed by atoms with Crippen molar-refractivity contribution in [1.82, 2.24) is 15.1 Å². The molecule has 36 heavy (non-hydrogen) atoms. The number of nitrogens with one attached hydrogen (secondary N) is 1. The zero-order chi connectivity index (χ0) is 25.9. The van der Waals surface area contributed by atoms with Crippen LogP contribution in [0.15, 0.2) is 47.6 Å². The van der Waals surface area contributed by atoms with E-state index in [-0.39, 0.29) is 18.9 Å². The molecule has 0 bridgehead atoms. The van der Waals surface area contributed by atoms with Crippen LogP contribution in [-0.4, -0.2) is 65.8 Å². The summed E-state index contributed by atoms with van der Waals surface area (Å²) >= 11 is 0. The van der Waals surface area contributed by atoms with Crippen molar-refractivity contribution in [2.24, 2.45) is 10.6 Å². The molecular formula is C27H28N4O5. The van der Waals surface area contributed by atoms with Crippen LogP contribution in [0.1, 0.15) is 46.8 Å². The van der Waals surface area contributed by atoms with Gasteiger partial charge < -0.3 is 19.7 Å². The first-order valence-electron chi connectivity index (χ1n) is 11.7. The summed E-state index contributed by atoms with van der Waals surface area (Å²) in [6.45, 7) is 3.09. The SMILES string of the molecule is CCCN(C)/C(=N\O)c1ccc(C#C[C@]2(CN3Cc4ccc(OC)cc4C3=O)CC(=O)NC2=O)cc1. The van der Waals surface area contributed by atoms with E-state index in [2.05, 4.69) is 22.3 Å². The zero-order valence-electron chi connectivity index (χ0n) is 20.5. The molecule has 2 aromatic rings. The van der Waals surface area contributed by atoms with E-state index in [0.29, 0.717) is 29.3 Å². The fourth-order valence-electron chi connectivity index (χ4n) is 4.52. The van der Waals surface area contributed by atoms with Gasteiger partial charge in [-0.05, 0) is 48.4 Å². The Kier molecular flexibility index (Phi) is 6.97. The minimum absolute atomic E-state index is 0.00534. The van der Waals surface area contributed by atoms with E-state index in [9.17, 15) is 19.6 Å². The molecule has 1 fully saturated rings. The van der Waals surface area contributed by atoms with Gasteiger partial charge >= 0.3 is 0 Å². The summed E-state index contributed by atoms with van der Waals surface area (Å²) in [6, 6.07) is 12.4. The van der Waals surface area contributed by atoms with Crippen molar-refractivity contribution in [3.05, 3.63) is 64.7 Å². The van der Waals surface area contributed by atoms with Crippen molar-refractivity contribution in [2.45, 2.75) is 26.3 Å². The lowest BCUT2D eigenvalue weighted by atomic mass is 9.85. The summed E-state index contributed by atoms with van der Waals surface area (Å²) in [4.78, 5) is 41.5. The van der Waals surface area contributed by atoms with E-state index in [1.54, 1.807) is 41.3 Å². The first-order valence-corrected chi connectivity index (χ1v) is 11.7. The van der Waals surface area contributed by atoms with Crippen LogP contribution in [0.3, 0.4) is 0 Å². The van der Waals surface area contributed by atoms with Crippen molar-refractivity contribution in [3.8, 4) is 17.6 Å². The quantitative estimate of drug-likeness (QED) is 0.161. The third kappa shape index (κ3) is 4.75. The smallest absolute Gasteiger partial charge is 0.254 e. The highest BCUT2D eigenvalue weighted by Gasteiger charge is 2.48. The van der Waals surface area contributed by atoms with E-state index < -0.39 is 17.2 Å². The second-order valence-corrected chi connectivity index (χ2v) is 8.99. The molecule has 186 valence electrons. The number of amides is 3. The molecule has 2 aliphatic heterocycles. The normalized spacial score (nSPS) is 19.0. The largest absolute Gasteiger partial charge is 0.497 e. The van der Waals surface area contributed by atoms with E-state index >= 15 is 0 Å². The lowest BCUT2D eigenvalue weighted by Gasteiger charge is -2.25. The number of ether oxygens (including phenoxy) is 1. The summed E-state index contributed by atoms with van der Waals surface area (Å²) in [5.74, 6) is 5.88. The Morgan fingerprint density at radius 2 is 1.97 bits per heavy atom. The summed E-state index contributed by atoms with van der Waals surface area (Å²) < 4.78 is 5.22. The first kappa shape index (κ1) is 24.8. The summed E-state index contributed by atoms with van der Waals surface area (Å²) in [6.07, 6.45) is 0.781. The maximum atomic E-state index is 13.1. The maximum absolute atomic E-state index is 13.1. The highest BCUT2D eigenvalue weighted by molar-refractivity contribution is 6.08. The average Bonchev–Trinajstić information content (AvgIpc) is 3.33. The Morgan fingerprint density at radius 3 is 2.58 bits per heavy atom. The van der Waals surface area contributed by atoms with Gasteiger partial charge in [-0.25, -0.2) is 0 Å². The first-order chi connectivity index (χ1) is 17.3. The minimum Gasteiger partial charge on any atom is -0.497 e. The molecule has 4 rings (SSSR count). The highest BCUT2D eigenvalue weighted by atomic mass is 16.5. The van der Waals surface area contributed by atoms with Gasteiger partial charge in [0.25, 0.3) is 5.91 Å². The summed E-state index contributed by atoms with van der Waals surface area (Å²) in [5, 5.41) is 15.2. The topological polar surface area (TPSA) is 112 Å². The molecule has 0 aromatic heterocycles. The van der Waals surface area contributed by atoms with Crippen LogP contribution in [-0.2, 0) is 16.1 Å². The third-order valence-electron chi connectivity index (χ3n) is 6.41. The fraction of sp³-hybridized carbons (Fsp3) is 0.333. The van der Waals surface area contributed by atoms with Gasteiger partial charge in [-0.15, -0.1) is 0 Å². The van der Waals surface area contributed by atoms with Crippen LogP contribution in [0.25, 0.3) is 0 Å². The number of carbonyl (C=O) groups excluding carboxylic acids is 3. The highest BCUT2D eigenvalue weighted by Crippen LogP contribution is 2.33. The molecule has 0 saturated carbocycles. The van der Waals surface area contributed by atoms with Gasteiger partial charge in [0, 0.05) is 43.4 Å². The molecule has 2 N–H and O–H groups in total. The molecule has 3 amide bonds. The predicted octanol–water partition coefficient (Wildman–Crippen LogP) is 2.21. The zero-order valence-corrected chi connectivity index (χ0v) is 20.5. The average molecular weight is 489 g/mol. The van der Waals surface area contributed by atoms with Gasteiger partial charge in [0.2, 0.25) is 11.8 Å². The van der Waals surface area contributed by atoms with Gasteiger partial charge in [-0.1, -0.05) is 30.0 Å². The molecule has 9 nitrogen and oxygen atoms in total. The minimum atomic E-state index is -1.35. The number of nitrogens with zero attached hydrogens (tertiary/aromatic N) is 3. The van der Waals surface area contributed by atoms with E-state index in [4.69, 9.17) is 4.74 Å². The van der Waals surface area contributed by atoms with Gasteiger partial charge in [-0.3, -0.25) is 19.7 Å². The number of rotatable bonds is 6. The molecule has 0 unspecified atom stereocenters. The van der Waals surface area contributed by atoms with Crippen LogP contribution in [0, 0.1) is 17.3 Å². The van der Waals surface area contributed by atoms with Crippen LogP contribution in [0.5, 0.6) is 5.75 Å². The maximum Gasteiger partial charge on any atom is 0.254 e. The number of hydrogen-bond donors (Lipinski definition) is 2. The molecular weight excluding hydrogens is 460 g/mol. The van der Waals surface area contributed by atoms with Crippen LogP contribution in [0.2, 0.25) is 0 Å². The molecule has 9 heteroatoms. The third-order valence-corrected chi connectivity index (χ3v) is 6.41. The number of benzene rings is 2. The van der Waals surface area contributed by atoms with Gasteiger partial charge in [0.05, 0.1) is 13.5 Å². The number of fused-ring (bicyclic) bond motifs is 1. The van der Waals surface area contributed by atoms with Gasteiger partial charge in [0.15, 0.2) is 5.84 Å². The van der Waals surface area contributed by atoms with Gasteiger partial charge in [0.1, 0.15) is 11.2 Å². The monoisotopic (exact) mass is 488 g/mol. The molecule has 0 aliphatic carbocycles. The standard InChI is InChI=1S/C27H28N4O5/c1-4-13-30(2)24(29-35)19-7-5-18(6-8-19)11-12-27(15-23(32)28-26(27)34)17-31-16-20-9-10-21(36-3)14-22(20)25(31)33/h5-10,14,35H,4,13,15-17H2,1-3H3,(H,28,32,34)/b29-24-/t27-/m1/s1. The molecule has 2 aromatic carbocycles. The van der Waals surface area contributed by atoms with Crippen LogP contribution in [0.4, 0.5) is 0 Å². The fourth-order valence-corrected chi connectivity index (χ4v) is 4.52. The van der Waals surface area contributed by atoms with Crippen molar-refractivity contribution < 1.29 is 24.3 Å². The Bertz CT molecular complexity index is 1290. The Balaban J connectivity index is 1.58. The van der Waals surface area contributed by atoms with Crippen LogP contribution >= 0.6 is 0 Å². The van der Waals surface area contributed by atoms with Crippen molar-refractivity contribution in [2.75, 3.05) is 27.2 Å². The number of carbonyl (C=O) groups is 3. The Hall–Kier alpha value is -4.32. The van der Waals surface area contributed by atoms with E-state index in [1.165, 1.54) is 7.11 Å². The number of hydrogen-bond acceptors (Lipinski definition) is 6. The molecule has 1 saturated heterocycles. The lowest BCUT2D eigenvalue weighted by Crippen LogP contribution is -2.42. The second-order valence-electron chi connectivity index (χ2n) is 8.99. The predicted molar refractivity (Wildman–Crippen MR) is 132 cm³/mol. The number of methoxy groups -OCH3 is 1. The van der Waals surface area contributed by atoms with Gasteiger partial charge in [-0.2, -0.15) is 0 Å².